The molecule has 1 rings (SSSR count). The summed E-state index contributed by atoms with van der Waals surface area (Å²) in [6.07, 6.45) is 1.60. The van der Waals surface area contributed by atoms with Crippen molar-refractivity contribution in [1.82, 2.24) is 10.3 Å². The van der Waals surface area contributed by atoms with Crippen LogP contribution in [0.5, 0.6) is 0 Å². The summed E-state index contributed by atoms with van der Waals surface area (Å²) in [6, 6.07) is 1.72. The minimum absolute atomic E-state index is 0.328. The van der Waals surface area contributed by atoms with Crippen molar-refractivity contribution in [2.45, 2.75) is 39.7 Å². The normalized spacial score (nSPS) is 10.9. The first-order valence-corrected chi connectivity index (χ1v) is 6.73. The molecule has 21 heavy (non-hydrogen) atoms. The van der Waals surface area contributed by atoms with Crippen molar-refractivity contribution in [3.8, 4) is 0 Å². The van der Waals surface area contributed by atoms with Gasteiger partial charge in [-0.3, -0.25) is 4.98 Å². The molecule has 1 amide bonds. The quantitative estimate of drug-likeness (QED) is 0.862. The van der Waals surface area contributed by atoms with Crippen molar-refractivity contribution in [2.24, 2.45) is 0 Å². The van der Waals surface area contributed by atoms with Crippen molar-refractivity contribution in [1.29, 1.82) is 0 Å². The van der Waals surface area contributed by atoms with Crippen molar-refractivity contribution in [3.63, 3.8) is 0 Å². The number of carbonyl (C=O) groups excluding carboxylic acids is 2. The van der Waals surface area contributed by atoms with Gasteiger partial charge >= 0.3 is 12.1 Å². The van der Waals surface area contributed by atoms with Gasteiger partial charge in [0.1, 0.15) is 5.60 Å². The first-order chi connectivity index (χ1) is 9.73. The van der Waals surface area contributed by atoms with Gasteiger partial charge in [-0.05, 0) is 39.3 Å². The van der Waals surface area contributed by atoms with Crippen molar-refractivity contribution >= 4 is 12.1 Å². The molecule has 116 valence electrons. The smallest absolute Gasteiger partial charge is 0.407 e. The zero-order chi connectivity index (χ0) is 16.0. The van der Waals surface area contributed by atoms with Crippen molar-refractivity contribution < 1.29 is 19.1 Å². The lowest BCUT2D eigenvalue weighted by Gasteiger charge is -2.19. The molecule has 0 fully saturated rings. The Bertz CT molecular complexity index is 521. The minimum atomic E-state index is -0.538. The second-order valence-electron chi connectivity index (χ2n) is 5.68. The average Bonchev–Trinajstić information content (AvgIpc) is 2.37. The maximum atomic E-state index is 11.7. The molecule has 0 atom stereocenters. The number of pyridine rings is 1. The largest absolute Gasteiger partial charge is 0.465 e. The van der Waals surface area contributed by atoms with E-state index in [9.17, 15) is 9.59 Å². The lowest BCUT2D eigenvalue weighted by Crippen LogP contribution is -2.33. The molecule has 0 saturated heterocycles. The summed E-state index contributed by atoms with van der Waals surface area (Å²) in [5, 5.41) is 2.63. The molecule has 0 aliphatic carbocycles. The molecule has 0 aliphatic heterocycles. The number of carbonyl (C=O) groups is 2. The second-order valence-corrected chi connectivity index (χ2v) is 5.68. The monoisotopic (exact) mass is 294 g/mol. The van der Waals surface area contributed by atoms with E-state index < -0.39 is 17.7 Å². The topological polar surface area (TPSA) is 77.5 Å². The molecule has 0 aromatic carbocycles. The third kappa shape index (κ3) is 5.81. The van der Waals surface area contributed by atoms with Crippen molar-refractivity contribution in [3.05, 3.63) is 29.1 Å². The Hall–Kier alpha value is -2.11. The Morgan fingerprint density at radius 3 is 2.57 bits per heavy atom. The van der Waals surface area contributed by atoms with Crippen LogP contribution in [0.3, 0.4) is 0 Å². The summed E-state index contributed by atoms with van der Waals surface area (Å²) >= 11 is 0. The van der Waals surface area contributed by atoms with E-state index in [2.05, 4.69) is 10.3 Å². The second kappa shape index (κ2) is 7.06. The predicted octanol–water partition coefficient (Wildman–Crippen LogP) is 2.24. The number of ether oxygens (including phenoxy) is 2. The van der Waals surface area contributed by atoms with Crippen LogP contribution in [-0.2, 0) is 15.9 Å². The summed E-state index contributed by atoms with van der Waals surface area (Å²) in [5.41, 5.74) is 1.34. The number of aryl methyl sites for hydroxylation is 1. The highest BCUT2D eigenvalue weighted by Gasteiger charge is 2.17. The average molecular weight is 294 g/mol. The van der Waals surface area contributed by atoms with E-state index in [-0.39, 0.29) is 0 Å². The molecule has 0 aliphatic rings. The number of rotatable bonds is 4. The number of aromatic nitrogens is 1. The zero-order valence-corrected chi connectivity index (χ0v) is 13.1. The van der Waals surface area contributed by atoms with Crippen LogP contribution in [0, 0.1) is 6.92 Å². The zero-order valence-electron chi connectivity index (χ0n) is 13.1. The molecular weight excluding hydrogens is 272 g/mol. The Morgan fingerprint density at radius 1 is 1.33 bits per heavy atom. The molecule has 6 heteroatoms. The van der Waals surface area contributed by atoms with Crippen LogP contribution in [0.2, 0.25) is 0 Å². The molecule has 1 aromatic rings. The van der Waals surface area contributed by atoms with E-state index >= 15 is 0 Å². The fraction of sp³-hybridized carbons (Fsp3) is 0.533. The molecule has 1 N–H and O–H groups in total. The standard InChI is InChI=1S/C15H22N2O4/c1-10-8-11(13(18)20-5)12(17-9-10)6-7-16-14(19)21-15(2,3)4/h8-9H,6-7H2,1-5H3,(H,16,19). The van der Waals surface area contributed by atoms with Gasteiger partial charge in [-0.2, -0.15) is 0 Å². The van der Waals surface area contributed by atoms with Gasteiger partial charge in [0.2, 0.25) is 0 Å². The molecular formula is C15H22N2O4. The fourth-order valence-electron chi connectivity index (χ4n) is 1.68. The Kier molecular flexibility index (Phi) is 5.69. The van der Waals surface area contributed by atoms with Crippen LogP contribution in [0.4, 0.5) is 4.79 Å². The Morgan fingerprint density at radius 2 is 2.00 bits per heavy atom. The summed E-state index contributed by atoms with van der Waals surface area (Å²) < 4.78 is 9.87. The van der Waals surface area contributed by atoms with Crippen LogP contribution in [0.15, 0.2) is 12.3 Å². The van der Waals surface area contributed by atoms with Gasteiger partial charge in [0.15, 0.2) is 0 Å². The molecule has 1 aromatic heterocycles. The van der Waals surface area contributed by atoms with Gasteiger partial charge in [0, 0.05) is 19.2 Å². The number of nitrogens with one attached hydrogen (secondary N) is 1. The van der Waals surface area contributed by atoms with Crippen LogP contribution >= 0.6 is 0 Å². The molecule has 0 saturated carbocycles. The molecule has 1 heterocycles. The maximum Gasteiger partial charge on any atom is 0.407 e. The summed E-state index contributed by atoms with van der Waals surface area (Å²) in [5.74, 6) is -0.432. The lowest BCUT2D eigenvalue weighted by molar-refractivity contribution is 0.0528. The number of esters is 1. The summed E-state index contributed by atoms with van der Waals surface area (Å²) in [6.45, 7) is 7.56. The highest BCUT2D eigenvalue weighted by Crippen LogP contribution is 2.11. The highest BCUT2D eigenvalue weighted by molar-refractivity contribution is 5.90. The van der Waals surface area contributed by atoms with Gasteiger partial charge in [0.25, 0.3) is 0 Å². The summed E-state index contributed by atoms with van der Waals surface area (Å²) in [4.78, 5) is 27.5. The Balaban J connectivity index is 2.64. The molecule has 0 spiro atoms. The number of nitrogens with zero attached hydrogens (tertiary/aromatic N) is 1. The predicted molar refractivity (Wildman–Crippen MR) is 78.3 cm³/mol. The lowest BCUT2D eigenvalue weighted by atomic mass is 10.1. The van der Waals surface area contributed by atoms with E-state index in [0.717, 1.165) is 5.56 Å². The molecule has 6 nitrogen and oxygen atoms in total. The summed E-state index contributed by atoms with van der Waals surface area (Å²) in [7, 11) is 1.33. The van der Waals surface area contributed by atoms with Crippen LogP contribution in [-0.4, -0.2) is 36.3 Å². The van der Waals surface area contributed by atoms with E-state index in [1.165, 1.54) is 7.11 Å². The maximum absolute atomic E-state index is 11.7. The third-order valence-electron chi connectivity index (χ3n) is 2.54. The SMILES string of the molecule is COC(=O)c1cc(C)cnc1CCNC(=O)OC(C)(C)C. The first kappa shape index (κ1) is 16.9. The van der Waals surface area contributed by atoms with Gasteiger partial charge in [0.05, 0.1) is 18.4 Å². The van der Waals surface area contributed by atoms with E-state index in [1.807, 2.05) is 6.92 Å². The third-order valence-corrected chi connectivity index (χ3v) is 2.54. The van der Waals surface area contributed by atoms with Gasteiger partial charge in [-0.25, -0.2) is 9.59 Å². The van der Waals surface area contributed by atoms with Crippen LogP contribution < -0.4 is 5.32 Å². The molecule has 0 radical (unpaired) electrons. The van der Waals surface area contributed by atoms with Gasteiger partial charge in [-0.15, -0.1) is 0 Å². The molecule has 0 unspecified atom stereocenters. The highest BCUT2D eigenvalue weighted by atomic mass is 16.6. The fourth-order valence-corrected chi connectivity index (χ4v) is 1.68. The van der Waals surface area contributed by atoms with Crippen LogP contribution in [0.25, 0.3) is 0 Å². The Labute approximate surface area is 124 Å². The minimum Gasteiger partial charge on any atom is -0.465 e. The number of amides is 1. The van der Waals surface area contributed by atoms with E-state index in [1.54, 1.807) is 33.0 Å². The number of hydrogen-bond acceptors (Lipinski definition) is 5. The first-order valence-electron chi connectivity index (χ1n) is 6.73. The molecule has 0 bridgehead atoms. The van der Waals surface area contributed by atoms with Crippen molar-refractivity contribution in [2.75, 3.05) is 13.7 Å². The number of alkyl carbamates (subject to hydrolysis) is 1. The number of hydrogen-bond donors (Lipinski definition) is 1. The van der Waals surface area contributed by atoms with Gasteiger partial charge < -0.3 is 14.8 Å². The van der Waals surface area contributed by atoms with Gasteiger partial charge in [-0.1, -0.05) is 0 Å². The van der Waals surface area contributed by atoms with E-state index in [4.69, 9.17) is 9.47 Å². The number of methoxy groups -OCH3 is 1. The van der Waals surface area contributed by atoms with Crippen LogP contribution in [0.1, 0.15) is 42.4 Å². The van der Waals surface area contributed by atoms with E-state index in [0.29, 0.717) is 24.2 Å².